The van der Waals surface area contributed by atoms with Gasteiger partial charge in [-0.15, -0.1) is 0 Å². The molecule has 1 saturated heterocycles. The maximum absolute atomic E-state index is 11.5. The van der Waals surface area contributed by atoms with Crippen LogP contribution in [-0.4, -0.2) is 48.9 Å². The van der Waals surface area contributed by atoms with Gasteiger partial charge in [0.1, 0.15) is 6.42 Å². The molecule has 0 radical (unpaired) electrons. The van der Waals surface area contributed by atoms with Gasteiger partial charge >= 0.3 is 0 Å². The molecule has 1 fully saturated rings. The second-order valence-electron chi connectivity index (χ2n) is 3.98. The third-order valence-corrected chi connectivity index (χ3v) is 2.50. The lowest BCUT2D eigenvalue weighted by Gasteiger charge is -2.26. The number of likely N-dealkylation sites (N-methyl/N-ethyl adjacent to an activating group) is 1. The summed E-state index contributed by atoms with van der Waals surface area (Å²) in [6.07, 6.45) is 2.15. The minimum absolute atomic E-state index is 0.0168. The predicted octanol–water partition coefficient (Wildman–Crippen LogP) is 0.453. The molecule has 1 amide bonds. The van der Waals surface area contributed by atoms with Crippen LogP contribution in [0.5, 0.6) is 0 Å². The van der Waals surface area contributed by atoms with Gasteiger partial charge < -0.3 is 9.80 Å². The number of hydrogen-bond donors (Lipinski definition) is 0. The first-order chi connectivity index (χ1) is 6.65. The Morgan fingerprint density at radius 1 is 1.64 bits per heavy atom. The Bertz CT molecular complexity index is 244. The molecule has 0 aromatic carbocycles. The highest BCUT2D eigenvalue weighted by Gasteiger charge is 2.28. The van der Waals surface area contributed by atoms with Crippen molar-refractivity contribution in [3.8, 4) is 6.07 Å². The van der Waals surface area contributed by atoms with E-state index in [-0.39, 0.29) is 12.3 Å². The summed E-state index contributed by atoms with van der Waals surface area (Å²) in [6, 6.07) is 2.22. The van der Waals surface area contributed by atoms with Crippen molar-refractivity contribution < 1.29 is 4.79 Å². The van der Waals surface area contributed by atoms with Crippen molar-refractivity contribution >= 4 is 5.91 Å². The molecule has 4 nitrogen and oxygen atoms in total. The molecule has 1 unspecified atom stereocenters. The van der Waals surface area contributed by atoms with Gasteiger partial charge in [-0.05, 0) is 26.9 Å². The monoisotopic (exact) mass is 195 g/mol. The molecule has 1 rings (SSSR count). The lowest BCUT2D eigenvalue weighted by molar-refractivity contribution is -0.131. The smallest absolute Gasteiger partial charge is 0.237 e. The van der Waals surface area contributed by atoms with Crippen LogP contribution in [0, 0.1) is 11.3 Å². The topological polar surface area (TPSA) is 47.3 Å². The Kier molecular flexibility index (Phi) is 3.90. The van der Waals surface area contributed by atoms with Gasteiger partial charge in [0.15, 0.2) is 0 Å². The lowest BCUT2D eigenvalue weighted by atomic mass is 10.2. The Labute approximate surface area is 85.1 Å². The largest absolute Gasteiger partial charge is 0.338 e. The summed E-state index contributed by atoms with van der Waals surface area (Å²) < 4.78 is 0. The average Bonchev–Trinajstić information content (AvgIpc) is 2.51. The molecule has 0 aliphatic carbocycles. The van der Waals surface area contributed by atoms with Crippen molar-refractivity contribution in [3.05, 3.63) is 0 Å². The first-order valence-corrected chi connectivity index (χ1v) is 4.96. The van der Waals surface area contributed by atoms with E-state index in [1.807, 2.05) is 25.1 Å². The van der Waals surface area contributed by atoms with Crippen LogP contribution in [0.3, 0.4) is 0 Å². The van der Waals surface area contributed by atoms with Gasteiger partial charge in [-0.2, -0.15) is 5.26 Å². The number of rotatable bonds is 3. The fourth-order valence-electron chi connectivity index (χ4n) is 1.94. The van der Waals surface area contributed by atoms with Gasteiger partial charge in [0, 0.05) is 19.1 Å². The van der Waals surface area contributed by atoms with Crippen molar-refractivity contribution in [1.82, 2.24) is 9.80 Å². The van der Waals surface area contributed by atoms with Gasteiger partial charge in [0.25, 0.3) is 0 Å². The van der Waals surface area contributed by atoms with Crippen LogP contribution >= 0.6 is 0 Å². The summed E-state index contributed by atoms with van der Waals surface area (Å²) >= 11 is 0. The van der Waals surface area contributed by atoms with E-state index < -0.39 is 0 Å². The van der Waals surface area contributed by atoms with Crippen molar-refractivity contribution in [2.75, 3.05) is 27.2 Å². The van der Waals surface area contributed by atoms with Crippen LogP contribution < -0.4 is 0 Å². The number of carbonyl (C=O) groups is 1. The molecule has 14 heavy (non-hydrogen) atoms. The minimum atomic E-state index is -0.0168. The molecule has 0 bridgehead atoms. The van der Waals surface area contributed by atoms with Gasteiger partial charge in [-0.25, -0.2) is 0 Å². The first kappa shape index (κ1) is 11.0. The minimum Gasteiger partial charge on any atom is -0.338 e. The summed E-state index contributed by atoms with van der Waals surface area (Å²) in [4.78, 5) is 15.5. The Morgan fingerprint density at radius 3 is 2.93 bits per heavy atom. The van der Waals surface area contributed by atoms with E-state index in [4.69, 9.17) is 5.26 Å². The van der Waals surface area contributed by atoms with E-state index in [2.05, 4.69) is 4.90 Å². The third kappa shape index (κ3) is 2.71. The molecule has 1 atom stereocenters. The van der Waals surface area contributed by atoms with E-state index in [1.165, 1.54) is 0 Å². The molecule has 4 heteroatoms. The van der Waals surface area contributed by atoms with Crippen LogP contribution in [0.1, 0.15) is 19.3 Å². The molecule has 0 aromatic heterocycles. The number of amides is 1. The zero-order valence-electron chi connectivity index (χ0n) is 8.86. The van der Waals surface area contributed by atoms with Gasteiger partial charge in [0.2, 0.25) is 5.91 Å². The van der Waals surface area contributed by atoms with Crippen molar-refractivity contribution in [3.63, 3.8) is 0 Å². The second kappa shape index (κ2) is 4.97. The first-order valence-electron chi connectivity index (χ1n) is 4.96. The summed E-state index contributed by atoms with van der Waals surface area (Å²) in [6.45, 7) is 1.72. The molecule has 0 saturated carbocycles. The van der Waals surface area contributed by atoms with Crippen molar-refractivity contribution in [2.45, 2.75) is 25.3 Å². The average molecular weight is 195 g/mol. The van der Waals surface area contributed by atoms with Crippen molar-refractivity contribution in [2.24, 2.45) is 0 Å². The highest BCUT2D eigenvalue weighted by Crippen LogP contribution is 2.18. The Balaban J connectivity index is 2.51. The van der Waals surface area contributed by atoms with E-state index in [1.54, 1.807) is 0 Å². The number of hydrogen-bond acceptors (Lipinski definition) is 3. The molecule has 0 N–H and O–H groups in total. The molecular weight excluding hydrogens is 178 g/mol. The van der Waals surface area contributed by atoms with Crippen LogP contribution in [-0.2, 0) is 4.79 Å². The summed E-state index contributed by atoms with van der Waals surface area (Å²) in [7, 11) is 4.01. The molecule has 78 valence electrons. The van der Waals surface area contributed by atoms with E-state index in [9.17, 15) is 4.79 Å². The quantitative estimate of drug-likeness (QED) is 0.657. The number of nitrogens with zero attached hydrogens (tertiary/aromatic N) is 3. The van der Waals surface area contributed by atoms with E-state index in [0.717, 1.165) is 25.9 Å². The second-order valence-corrected chi connectivity index (χ2v) is 3.98. The van der Waals surface area contributed by atoms with Gasteiger partial charge in [-0.3, -0.25) is 4.79 Å². The SMILES string of the molecule is CN(C)CC1CCCN1C(=O)CC#N. The molecule has 0 spiro atoms. The zero-order valence-corrected chi connectivity index (χ0v) is 8.86. The van der Waals surface area contributed by atoms with Crippen LogP contribution in [0.15, 0.2) is 0 Å². The number of likely N-dealkylation sites (tertiary alicyclic amines) is 1. The highest BCUT2D eigenvalue weighted by atomic mass is 16.2. The third-order valence-electron chi connectivity index (χ3n) is 2.50. The Morgan fingerprint density at radius 2 is 2.36 bits per heavy atom. The highest BCUT2D eigenvalue weighted by molar-refractivity contribution is 5.78. The summed E-state index contributed by atoms with van der Waals surface area (Å²) in [5.74, 6) is -0.0168. The van der Waals surface area contributed by atoms with Crippen LogP contribution in [0.25, 0.3) is 0 Å². The fraction of sp³-hybridized carbons (Fsp3) is 0.800. The zero-order chi connectivity index (χ0) is 10.6. The maximum Gasteiger partial charge on any atom is 0.237 e. The molecule has 1 heterocycles. The summed E-state index contributed by atoms with van der Waals surface area (Å²) in [5, 5.41) is 8.46. The van der Waals surface area contributed by atoms with Gasteiger partial charge in [0.05, 0.1) is 6.07 Å². The molecule has 1 aliphatic rings. The standard InChI is InChI=1S/C10H17N3O/c1-12(2)8-9-4-3-7-13(9)10(14)5-6-11/h9H,3-5,7-8H2,1-2H3. The normalized spacial score (nSPS) is 21.3. The fourth-order valence-corrected chi connectivity index (χ4v) is 1.94. The number of carbonyl (C=O) groups excluding carboxylic acids is 1. The maximum atomic E-state index is 11.5. The molecular formula is C10H17N3O. The Hall–Kier alpha value is -1.08. The summed E-state index contributed by atoms with van der Waals surface area (Å²) in [5.41, 5.74) is 0. The molecule has 1 aliphatic heterocycles. The number of nitriles is 1. The van der Waals surface area contributed by atoms with E-state index in [0.29, 0.717) is 6.04 Å². The van der Waals surface area contributed by atoms with Gasteiger partial charge in [-0.1, -0.05) is 0 Å². The lowest BCUT2D eigenvalue weighted by Crippen LogP contribution is -2.41. The molecule has 0 aromatic rings. The van der Waals surface area contributed by atoms with Crippen LogP contribution in [0.2, 0.25) is 0 Å². The van der Waals surface area contributed by atoms with Crippen LogP contribution in [0.4, 0.5) is 0 Å². The van der Waals surface area contributed by atoms with E-state index >= 15 is 0 Å². The van der Waals surface area contributed by atoms with Crippen molar-refractivity contribution in [1.29, 1.82) is 5.26 Å². The predicted molar refractivity (Wildman–Crippen MR) is 53.5 cm³/mol.